The van der Waals surface area contributed by atoms with Crippen LogP contribution in [0.3, 0.4) is 0 Å². The highest BCUT2D eigenvalue weighted by Crippen LogP contribution is 2.19. The van der Waals surface area contributed by atoms with Crippen LogP contribution in [0.1, 0.15) is 44.3 Å². The van der Waals surface area contributed by atoms with Crippen molar-refractivity contribution < 1.29 is 0 Å². The van der Waals surface area contributed by atoms with Gasteiger partial charge in [-0.2, -0.15) is 0 Å². The Balaban J connectivity index is 1.80. The van der Waals surface area contributed by atoms with E-state index in [1.165, 1.54) is 36.6 Å². The van der Waals surface area contributed by atoms with E-state index in [1.807, 2.05) is 0 Å². The van der Waals surface area contributed by atoms with Crippen molar-refractivity contribution in [2.75, 3.05) is 19.6 Å². The van der Waals surface area contributed by atoms with Gasteiger partial charge in [-0.1, -0.05) is 20.8 Å². The van der Waals surface area contributed by atoms with Crippen LogP contribution < -0.4 is 5.32 Å². The minimum Gasteiger partial charge on any atom is -0.314 e. The molecule has 0 aromatic carbocycles. The van der Waals surface area contributed by atoms with Gasteiger partial charge in [0.25, 0.3) is 0 Å². The normalized spacial score (nSPS) is 21.2. The second kappa shape index (κ2) is 7.36. The molecule has 1 N–H and O–H groups in total. The molecule has 0 saturated carbocycles. The largest absolute Gasteiger partial charge is 0.314 e. The van der Waals surface area contributed by atoms with Gasteiger partial charge < -0.3 is 5.32 Å². The van der Waals surface area contributed by atoms with E-state index in [1.54, 1.807) is 11.3 Å². The maximum absolute atomic E-state index is 4.68. The van der Waals surface area contributed by atoms with Crippen molar-refractivity contribution in [3.05, 3.63) is 16.1 Å². The summed E-state index contributed by atoms with van der Waals surface area (Å²) in [6.07, 6.45) is 3.76. The lowest BCUT2D eigenvalue weighted by atomic mass is 9.97. The van der Waals surface area contributed by atoms with E-state index < -0.39 is 0 Å². The summed E-state index contributed by atoms with van der Waals surface area (Å²) < 4.78 is 0. The molecule has 1 fully saturated rings. The van der Waals surface area contributed by atoms with Crippen LogP contribution in [-0.2, 0) is 13.0 Å². The lowest BCUT2D eigenvalue weighted by Gasteiger charge is -2.32. The minimum atomic E-state index is 0.598. The molecule has 19 heavy (non-hydrogen) atoms. The monoisotopic (exact) mass is 281 g/mol. The number of hydrogen-bond donors (Lipinski definition) is 1. The van der Waals surface area contributed by atoms with Crippen LogP contribution in [0.4, 0.5) is 0 Å². The number of thiazole rings is 1. The highest BCUT2D eigenvalue weighted by atomic mass is 32.1. The van der Waals surface area contributed by atoms with E-state index in [2.05, 4.69) is 41.4 Å². The van der Waals surface area contributed by atoms with Crippen molar-refractivity contribution in [3.8, 4) is 0 Å². The third kappa shape index (κ3) is 4.86. The third-order valence-electron chi connectivity index (χ3n) is 3.71. The SMILES string of the molecule is CCc1nc(CN2CCCC(CNC(C)C)C2)cs1. The number of aryl methyl sites for hydroxylation is 1. The van der Waals surface area contributed by atoms with E-state index in [0.29, 0.717) is 6.04 Å². The Morgan fingerprint density at radius 2 is 2.37 bits per heavy atom. The summed E-state index contributed by atoms with van der Waals surface area (Å²) in [5.41, 5.74) is 1.26. The summed E-state index contributed by atoms with van der Waals surface area (Å²) in [7, 11) is 0. The average Bonchev–Trinajstić information content (AvgIpc) is 2.84. The van der Waals surface area contributed by atoms with Gasteiger partial charge in [0, 0.05) is 24.5 Å². The standard InChI is InChI=1S/C15H27N3S/c1-4-15-17-14(11-19-15)10-18-7-5-6-13(9-18)8-16-12(2)3/h11-13,16H,4-10H2,1-3H3. The van der Waals surface area contributed by atoms with Crippen LogP contribution in [0, 0.1) is 5.92 Å². The van der Waals surface area contributed by atoms with E-state index in [-0.39, 0.29) is 0 Å². The first kappa shape index (κ1) is 14.9. The van der Waals surface area contributed by atoms with E-state index >= 15 is 0 Å². The molecule has 1 aromatic heterocycles. The maximum atomic E-state index is 4.68. The number of rotatable bonds is 6. The fourth-order valence-electron chi connectivity index (χ4n) is 2.68. The molecule has 1 atom stereocenters. The average molecular weight is 281 g/mol. The van der Waals surface area contributed by atoms with Crippen molar-refractivity contribution in [2.45, 2.75) is 52.6 Å². The summed E-state index contributed by atoms with van der Waals surface area (Å²) >= 11 is 1.80. The Morgan fingerprint density at radius 1 is 1.53 bits per heavy atom. The predicted molar refractivity (Wildman–Crippen MR) is 82.6 cm³/mol. The lowest BCUT2D eigenvalue weighted by molar-refractivity contribution is 0.162. The van der Waals surface area contributed by atoms with Crippen LogP contribution in [0.5, 0.6) is 0 Å². The maximum Gasteiger partial charge on any atom is 0.0926 e. The van der Waals surface area contributed by atoms with Crippen LogP contribution in [-0.4, -0.2) is 35.6 Å². The molecule has 1 aliphatic heterocycles. The number of likely N-dealkylation sites (tertiary alicyclic amines) is 1. The van der Waals surface area contributed by atoms with Gasteiger partial charge in [0.05, 0.1) is 10.7 Å². The number of nitrogens with zero attached hydrogens (tertiary/aromatic N) is 2. The van der Waals surface area contributed by atoms with E-state index in [4.69, 9.17) is 0 Å². The zero-order chi connectivity index (χ0) is 13.7. The number of aromatic nitrogens is 1. The molecule has 0 spiro atoms. The third-order valence-corrected chi connectivity index (χ3v) is 4.75. The Labute approximate surface area is 121 Å². The van der Waals surface area contributed by atoms with Crippen molar-refractivity contribution in [1.29, 1.82) is 0 Å². The quantitative estimate of drug-likeness (QED) is 0.869. The Bertz CT molecular complexity index is 375. The van der Waals surface area contributed by atoms with Crippen LogP contribution >= 0.6 is 11.3 Å². The summed E-state index contributed by atoms with van der Waals surface area (Å²) in [4.78, 5) is 7.26. The highest BCUT2D eigenvalue weighted by molar-refractivity contribution is 7.09. The summed E-state index contributed by atoms with van der Waals surface area (Å²) in [5.74, 6) is 0.806. The first-order valence-corrected chi connectivity index (χ1v) is 8.44. The molecule has 0 amide bonds. The summed E-state index contributed by atoms with van der Waals surface area (Å²) in [6.45, 7) is 11.3. The van der Waals surface area contributed by atoms with Crippen molar-refractivity contribution in [3.63, 3.8) is 0 Å². The molecule has 1 aromatic rings. The first-order chi connectivity index (χ1) is 9.17. The molecular formula is C15H27N3S. The lowest BCUT2D eigenvalue weighted by Crippen LogP contribution is -2.40. The highest BCUT2D eigenvalue weighted by Gasteiger charge is 2.20. The second-order valence-corrected chi connectivity index (χ2v) is 6.84. The second-order valence-electron chi connectivity index (χ2n) is 5.89. The van der Waals surface area contributed by atoms with Gasteiger partial charge in [-0.15, -0.1) is 11.3 Å². The Kier molecular flexibility index (Phi) is 5.79. The van der Waals surface area contributed by atoms with Crippen molar-refractivity contribution >= 4 is 11.3 Å². The molecule has 0 aliphatic carbocycles. The molecule has 3 nitrogen and oxygen atoms in total. The smallest absolute Gasteiger partial charge is 0.0926 e. The number of nitrogens with one attached hydrogen (secondary N) is 1. The zero-order valence-electron chi connectivity index (χ0n) is 12.5. The van der Waals surface area contributed by atoms with Gasteiger partial charge in [0.2, 0.25) is 0 Å². The molecule has 0 radical (unpaired) electrons. The molecule has 1 aliphatic rings. The van der Waals surface area contributed by atoms with Crippen LogP contribution in [0.15, 0.2) is 5.38 Å². The number of hydrogen-bond acceptors (Lipinski definition) is 4. The van der Waals surface area contributed by atoms with Gasteiger partial charge >= 0.3 is 0 Å². The Morgan fingerprint density at radius 3 is 3.05 bits per heavy atom. The van der Waals surface area contributed by atoms with Crippen LogP contribution in [0.2, 0.25) is 0 Å². The molecule has 2 rings (SSSR count). The molecule has 108 valence electrons. The fraction of sp³-hybridized carbons (Fsp3) is 0.800. The Hall–Kier alpha value is -0.450. The van der Waals surface area contributed by atoms with Crippen molar-refractivity contribution in [1.82, 2.24) is 15.2 Å². The summed E-state index contributed by atoms with van der Waals surface area (Å²) in [6, 6.07) is 0.598. The van der Waals surface area contributed by atoms with Gasteiger partial charge in [-0.25, -0.2) is 4.98 Å². The van der Waals surface area contributed by atoms with E-state index in [0.717, 1.165) is 25.4 Å². The minimum absolute atomic E-state index is 0.598. The van der Waals surface area contributed by atoms with Crippen LogP contribution in [0.25, 0.3) is 0 Å². The molecule has 0 bridgehead atoms. The molecule has 4 heteroatoms. The van der Waals surface area contributed by atoms with Gasteiger partial charge in [-0.3, -0.25) is 4.90 Å². The fourth-order valence-corrected chi connectivity index (χ4v) is 3.41. The molecule has 2 heterocycles. The molecule has 1 saturated heterocycles. The van der Waals surface area contributed by atoms with Gasteiger partial charge in [0.1, 0.15) is 0 Å². The molecular weight excluding hydrogens is 254 g/mol. The first-order valence-electron chi connectivity index (χ1n) is 7.56. The van der Waals surface area contributed by atoms with Gasteiger partial charge in [-0.05, 0) is 38.3 Å². The predicted octanol–water partition coefficient (Wildman–Crippen LogP) is 2.92. The van der Waals surface area contributed by atoms with Crippen molar-refractivity contribution in [2.24, 2.45) is 5.92 Å². The summed E-state index contributed by atoms with van der Waals surface area (Å²) in [5, 5.41) is 7.07. The number of piperidine rings is 1. The zero-order valence-corrected chi connectivity index (χ0v) is 13.3. The van der Waals surface area contributed by atoms with Gasteiger partial charge in [0.15, 0.2) is 0 Å². The molecule has 1 unspecified atom stereocenters. The van der Waals surface area contributed by atoms with E-state index in [9.17, 15) is 0 Å². The topological polar surface area (TPSA) is 28.2 Å².